The summed E-state index contributed by atoms with van der Waals surface area (Å²) in [5.74, 6) is 0.696. The Labute approximate surface area is 92.2 Å². The van der Waals surface area contributed by atoms with Crippen LogP contribution in [0.15, 0.2) is 24.3 Å². The Bertz CT molecular complexity index is 419. The molecule has 1 aromatic rings. The SMILES string of the molecule is CC(C)Cc1ccccc1CS(C)(=O)=O. The molecule has 1 aromatic carbocycles. The second-order valence-electron chi connectivity index (χ2n) is 4.44. The quantitative estimate of drug-likeness (QED) is 0.790. The number of rotatable bonds is 4. The summed E-state index contributed by atoms with van der Waals surface area (Å²) >= 11 is 0. The summed E-state index contributed by atoms with van der Waals surface area (Å²) in [4.78, 5) is 0. The minimum atomic E-state index is -2.94. The van der Waals surface area contributed by atoms with E-state index in [1.54, 1.807) is 0 Å². The van der Waals surface area contributed by atoms with Gasteiger partial charge in [-0.25, -0.2) is 8.42 Å². The van der Waals surface area contributed by atoms with Crippen LogP contribution in [0.5, 0.6) is 0 Å². The number of benzene rings is 1. The van der Waals surface area contributed by atoms with E-state index in [1.807, 2.05) is 24.3 Å². The highest BCUT2D eigenvalue weighted by atomic mass is 32.2. The van der Waals surface area contributed by atoms with E-state index in [-0.39, 0.29) is 5.75 Å². The largest absolute Gasteiger partial charge is 0.229 e. The Hall–Kier alpha value is -0.830. The average molecular weight is 226 g/mol. The zero-order chi connectivity index (χ0) is 11.5. The van der Waals surface area contributed by atoms with Crippen LogP contribution in [0.3, 0.4) is 0 Å². The molecule has 0 fully saturated rings. The molecule has 0 N–H and O–H groups in total. The van der Waals surface area contributed by atoms with Crippen LogP contribution in [-0.4, -0.2) is 14.7 Å². The second-order valence-corrected chi connectivity index (χ2v) is 6.58. The lowest BCUT2D eigenvalue weighted by Gasteiger charge is -2.10. The van der Waals surface area contributed by atoms with Crippen molar-refractivity contribution in [3.63, 3.8) is 0 Å². The van der Waals surface area contributed by atoms with Crippen LogP contribution in [0.4, 0.5) is 0 Å². The van der Waals surface area contributed by atoms with Crippen LogP contribution in [0.1, 0.15) is 25.0 Å². The van der Waals surface area contributed by atoms with Crippen molar-refractivity contribution in [1.82, 2.24) is 0 Å². The Morgan fingerprint density at radius 1 is 1.13 bits per heavy atom. The van der Waals surface area contributed by atoms with Gasteiger partial charge in [-0.1, -0.05) is 38.1 Å². The molecule has 2 nitrogen and oxygen atoms in total. The van der Waals surface area contributed by atoms with Gasteiger partial charge in [-0.05, 0) is 23.5 Å². The molecule has 0 unspecified atom stereocenters. The predicted molar refractivity (Wildman–Crippen MR) is 63.5 cm³/mol. The van der Waals surface area contributed by atoms with Gasteiger partial charge in [-0.15, -0.1) is 0 Å². The third-order valence-electron chi connectivity index (χ3n) is 2.16. The van der Waals surface area contributed by atoms with Crippen LogP contribution in [0.2, 0.25) is 0 Å². The molecule has 0 aliphatic heterocycles. The van der Waals surface area contributed by atoms with Gasteiger partial charge in [-0.2, -0.15) is 0 Å². The fourth-order valence-corrected chi connectivity index (χ4v) is 2.47. The highest BCUT2D eigenvalue weighted by molar-refractivity contribution is 7.89. The van der Waals surface area contributed by atoms with Crippen molar-refractivity contribution in [1.29, 1.82) is 0 Å². The third-order valence-corrected chi connectivity index (χ3v) is 3.00. The van der Waals surface area contributed by atoms with E-state index in [0.29, 0.717) is 5.92 Å². The average Bonchev–Trinajstić information content (AvgIpc) is 2.05. The molecular formula is C12H18O2S. The molecule has 1 rings (SSSR count). The van der Waals surface area contributed by atoms with E-state index >= 15 is 0 Å². The van der Waals surface area contributed by atoms with E-state index < -0.39 is 9.84 Å². The molecule has 0 saturated heterocycles. The summed E-state index contributed by atoms with van der Waals surface area (Å²) in [6, 6.07) is 7.77. The molecule has 0 aliphatic rings. The molecule has 84 valence electrons. The van der Waals surface area contributed by atoms with E-state index in [1.165, 1.54) is 6.26 Å². The summed E-state index contributed by atoms with van der Waals surface area (Å²) in [5, 5.41) is 0. The molecule has 0 aliphatic carbocycles. The Morgan fingerprint density at radius 2 is 1.67 bits per heavy atom. The lowest BCUT2D eigenvalue weighted by molar-refractivity contribution is 0.599. The smallest absolute Gasteiger partial charge is 0.151 e. The number of hydrogen-bond acceptors (Lipinski definition) is 2. The van der Waals surface area contributed by atoms with Gasteiger partial charge < -0.3 is 0 Å². The first-order valence-electron chi connectivity index (χ1n) is 5.13. The van der Waals surface area contributed by atoms with Crippen LogP contribution in [-0.2, 0) is 22.0 Å². The van der Waals surface area contributed by atoms with Gasteiger partial charge in [0, 0.05) is 6.26 Å². The third kappa shape index (κ3) is 4.47. The summed E-state index contributed by atoms with van der Waals surface area (Å²) < 4.78 is 22.5. The summed E-state index contributed by atoms with van der Waals surface area (Å²) in [7, 11) is -2.94. The van der Waals surface area contributed by atoms with Gasteiger partial charge >= 0.3 is 0 Å². The van der Waals surface area contributed by atoms with Gasteiger partial charge in [0.05, 0.1) is 5.75 Å². The number of hydrogen-bond donors (Lipinski definition) is 0. The summed E-state index contributed by atoms with van der Waals surface area (Å²) in [6.45, 7) is 4.27. The Kier molecular flexibility index (Phi) is 3.91. The van der Waals surface area contributed by atoms with E-state index in [4.69, 9.17) is 0 Å². The van der Waals surface area contributed by atoms with E-state index in [9.17, 15) is 8.42 Å². The molecule has 0 spiro atoms. The number of sulfone groups is 1. The summed E-state index contributed by atoms with van der Waals surface area (Å²) in [5.41, 5.74) is 2.09. The minimum Gasteiger partial charge on any atom is -0.229 e. The minimum absolute atomic E-state index is 0.149. The van der Waals surface area contributed by atoms with E-state index in [0.717, 1.165) is 17.5 Å². The van der Waals surface area contributed by atoms with E-state index in [2.05, 4.69) is 13.8 Å². The lowest BCUT2D eigenvalue weighted by atomic mass is 9.99. The maximum Gasteiger partial charge on any atom is 0.151 e. The van der Waals surface area contributed by atoms with Crippen LogP contribution >= 0.6 is 0 Å². The first-order chi connectivity index (χ1) is 6.88. The van der Waals surface area contributed by atoms with Gasteiger partial charge in [0.1, 0.15) is 0 Å². The molecule has 15 heavy (non-hydrogen) atoms. The normalized spacial score (nSPS) is 12.0. The molecular weight excluding hydrogens is 208 g/mol. The molecule has 0 radical (unpaired) electrons. The van der Waals surface area contributed by atoms with Crippen LogP contribution < -0.4 is 0 Å². The highest BCUT2D eigenvalue weighted by Crippen LogP contribution is 2.16. The monoisotopic (exact) mass is 226 g/mol. The summed E-state index contributed by atoms with van der Waals surface area (Å²) in [6.07, 6.45) is 2.21. The van der Waals surface area contributed by atoms with Crippen molar-refractivity contribution < 1.29 is 8.42 Å². The van der Waals surface area contributed by atoms with Gasteiger partial charge in [0.2, 0.25) is 0 Å². The van der Waals surface area contributed by atoms with Crippen LogP contribution in [0.25, 0.3) is 0 Å². The second kappa shape index (κ2) is 4.79. The zero-order valence-corrected chi connectivity index (χ0v) is 10.3. The van der Waals surface area contributed by atoms with Gasteiger partial charge in [0.15, 0.2) is 9.84 Å². The molecule has 0 saturated carbocycles. The first kappa shape index (κ1) is 12.2. The first-order valence-corrected chi connectivity index (χ1v) is 7.19. The molecule has 0 amide bonds. The van der Waals surface area contributed by atoms with Crippen molar-refractivity contribution >= 4 is 9.84 Å². The Morgan fingerprint density at radius 3 is 2.13 bits per heavy atom. The zero-order valence-electron chi connectivity index (χ0n) is 9.53. The van der Waals surface area contributed by atoms with Crippen molar-refractivity contribution in [2.24, 2.45) is 5.92 Å². The fourth-order valence-electron chi connectivity index (χ4n) is 1.62. The maximum absolute atomic E-state index is 11.2. The molecule has 0 aromatic heterocycles. The topological polar surface area (TPSA) is 34.1 Å². The molecule has 3 heteroatoms. The predicted octanol–water partition coefficient (Wildman–Crippen LogP) is 2.43. The molecule has 0 atom stereocenters. The maximum atomic E-state index is 11.2. The molecule has 0 heterocycles. The molecule has 0 bridgehead atoms. The van der Waals surface area contributed by atoms with Crippen molar-refractivity contribution in [3.8, 4) is 0 Å². The van der Waals surface area contributed by atoms with Crippen molar-refractivity contribution in [2.45, 2.75) is 26.0 Å². The van der Waals surface area contributed by atoms with Crippen LogP contribution in [0, 0.1) is 5.92 Å². The van der Waals surface area contributed by atoms with Gasteiger partial charge in [0.25, 0.3) is 0 Å². The van der Waals surface area contributed by atoms with Gasteiger partial charge in [-0.3, -0.25) is 0 Å². The fraction of sp³-hybridized carbons (Fsp3) is 0.500. The lowest BCUT2D eigenvalue weighted by Crippen LogP contribution is -2.05. The Balaban J connectivity index is 2.96. The van der Waals surface area contributed by atoms with Crippen molar-refractivity contribution in [2.75, 3.05) is 6.26 Å². The van der Waals surface area contributed by atoms with Crippen molar-refractivity contribution in [3.05, 3.63) is 35.4 Å². The highest BCUT2D eigenvalue weighted by Gasteiger charge is 2.09. The standard InChI is InChI=1S/C12H18O2S/c1-10(2)8-11-6-4-5-7-12(11)9-15(3,13)14/h4-7,10H,8-9H2,1-3H3.